The van der Waals surface area contributed by atoms with Gasteiger partial charge in [-0.15, -0.1) is 0 Å². The summed E-state index contributed by atoms with van der Waals surface area (Å²) in [6.07, 6.45) is 1.39. The third kappa shape index (κ3) is 2.37. The Bertz CT molecular complexity index is 638. The van der Waals surface area contributed by atoms with Gasteiger partial charge in [0, 0.05) is 24.5 Å². The van der Waals surface area contributed by atoms with Crippen LogP contribution < -0.4 is 4.74 Å². The fraction of sp³-hybridized carbons (Fsp3) is 0.438. The van der Waals surface area contributed by atoms with Crippen LogP contribution in [0.5, 0.6) is 5.75 Å². The van der Waals surface area contributed by atoms with Crippen LogP contribution >= 0.6 is 0 Å². The second-order valence-electron chi connectivity index (χ2n) is 5.17. The first-order valence-corrected chi connectivity index (χ1v) is 6.57. The molecule has 1 aromatic heterocycles. The lowest BCUT2D eigenvalue weighted by molar-refractivity contribution is -0.116. The van der Waals surface area contributed by atoms with Gasteiger partial charge in [-0.1, -0.05) is 0 Å². The number of methoxy groups -OCH3 is 1. The van der Waals surface area contributed by atoms with Crippen LogP contribution in [0, 0.1) is 13.8 Å². The number of benzene rings is 1. The maximum absolute atomic E-state index is 11.2. The van der Waals surface area contributed by atoms with E-state index in [0.717, 1.165) is 12.2 Å². The molecule has 0 atom stereocenters. The molecular weight excluding hydrogens is 238 g/mol. The van der Waals surface area contributed by atoms with Crippen LogP contribution in [0.3, 0.4) is 0 Å². The third-order valence-corrected chi connectivity index (χ3v) is 3.84. The Kier molecular flexibility index (Phi) is 3.65. The van der Waals surface area contributed by atoms with E-state index in [1.807, 2.05) is 0 Å². The molecule has 1 heterocycles. The number of carbonyl (C=O) groups excluding carboxylic acids is 1. The van der Waals surface area contributed by atoms with E-state index in [0.29, 0.717) is 6.42 Å². The number of carbonyl (C=O) groups is 1. The van der Waals surface area contributed by atoms with Crippen molar-refractivity contribution in [3.63, 3.8) is 0 Å². The molecule has 3 nitrogen and oxygen atoms in total. The summed E-state index contributed by atoms with van der Waals surface area (Å²) in [5, 5.41) is 1.21. The molecular formula is C16H21NO2. The van der Waals surface area contributed by atoms with Crippen molar-refractivity contribution in [3.05, 3.63) is 29.0 Å². The average molecular weight is 259 g/mol. The SMILES string of the molecule is COc1cc(C)c2c(c1)c(CCC(C)=O)c(C)n2C. The van der Waals surface area contributed by atoms with Gasteiger partial charge < -0.3 is 14.1 Å². The first-order valence-electron chi connectivity index (χ1n) is 6.57. The number of ether oxygens (including phenoxy) is 1. The van der Waals surface area contributed by atoms with Gasteiger partial charge in [0.15, 0.2) is 0 Å². The summed E-state index contributed by atoms with van der Waals surface area (Å²) in [5.74, 6) is 1.11. The molecule has 0 unspecified atom stereocenters. The van der Waals surface area contributed by atoms with Crippen molar-refractivity contribution in [2.45, 2.75) is 33.6 Å². The van der Waals surface area contributed by atoms with Gasteiger partial charge in [-0.3, -0.25) is 0 Å². The maximum Gasteiger partial charge on any atom is 0.130 e. The minimum absolute atomic E-state index is 0.232. The lowest BCUT2D eigenvalue weighted by atomic mass is 10.0. The first-order chi connectivity index (χ1) is 8.95. The molecule has 0 bridgehead atoms. The highest BCUT2D eigenvalue weighted by Gasteiger charge is 2.15. The minimum Gasteiger partial charge on any atom is -0.497 e. The lowest BCUT2D eigenvalue weighted by Crippen LogP contribution is -1.97. The van der Waals surface area contributed by atoms with Crippen LogP contribution in [0.1, 0.15) is 30.2 Å². The highest BCUT2D eigenvalue weighted by Crippen LogP contribution is 2.32. The number of aryl methyl sites for hydroxylation is 3. The van der Waals surface area contributed by atoms with Crippen LogP contribution in [-0.2, 0) is 18.3 Å². The zero-order valence-corrected chi connectivity index (χ0v) is 12.3. The molecule has 0 aliphatic rings. The predicted molar refractivity (Wildman–Crippen MR) is 77.9 cm³/mol. The lowest BCUT2D eigenvalue weighted by Gasteiger charge is -2.05. The first kappa shape index (κ1) is 13.7. The Morgan fingerprint density at radius 2 is 2.00 bits per heavy atom. The van der Waals surface area contributed by atoms with Crippen molar-refractivity contribution >= 4 is 16.7 Å². The van der Waals surface area contributed by atoms with Crippen molar-refractivity contribution in [2.24, 2.45) is 7.05 Å². The Balaban J connectivity index is 2.64. The molecule has 0 aliphatic carbocycles. The maximum atomic E-state index is 11.2. The molecule has 0 saturated heterocycles. The Morgan fingerprint density at radius 3 is 2.58 bits per heavy atom. The number of hydrogen-bond donors (Lipinski definition) is 0. The quantitative estimate of drug-likeness (QED) is 0.843. The number of fused-ring (bicyclic) bond motifs is 1. The molecule has 1 aromatic carbocycles. The van der Waals surface area contributed by atoms with E-state index in [-0.39, 0.29) is 5.78 Å². The Hall–Kier alpha value is -1.77. The van der Waals surface area contributed by atoms with Crippen LogP contribution in [0.4, 0.5) is 0 Å². The number of ketones is 1. The van der Waals surface area contributed by atoms with Gasteiger partial charge in [0.2, 0.25) is 0 Å². The summed E-state index contributed by atoms with van der Waals surface area (Å²) in [5.41, 5.74) is 4.92. The molecule has 102 valence electrons. The van der Waals surface area contributed by atoms with Crippen LogP contribution in [-0.4, -0.2) is 17.5 Å². The Labute approximate surface area is 114 Å². The third-order valence-electron chi connectivity index (χ3n) is 3.84. The fourth-order valence-electron chi connectivity index (χ4n) is 2.72. The summed E-state index contributed by atoms with van der Waals surface area (Å²) in [6.45, 7) is 5.85. The zero-order valence-electron chi connectivity index (χ0n) is 12.3. The van der Waals surface area contributed by atoms with Gasteiger partial charge in [-0.05, 0) is 50.5 Å². The van der Waals surface area contributed by atoms with E-state index in [2.05, 4.69) is 37.6 Å². The number of hydrogen-bond acceptors (Lipinski definition) is 2. The monoisotopic (exact) mass is 259 g/mol. The van der Waals surface area contributed by atoms with Crippen LogP contribution in [0.15, 0.2) is 12.1 Å². The van der Waals surface area contributed by atoms with Crippen molar-refractivity contribution in [3.8, 4) is 5.75 Å². The highest BCUT2D eigenvalue weighted by molar-refractivity contribution is 5.90. The minimum atomic E-state index is 0.232. The number of nitrogens with zero attached hydrogens (tertiary/aromatic N) is 1. The van der Waals surface area contributed by atoms with Crippen molar-refractivity contribution < 1.29 is 9.53 Å². The number of aromatic nitrogens is 1. The molecule has 0 radical (unpaired) electrons. The predicted octanol–water partition coefficient (Wildman–Crippen LogP) is 3.33. The second-order valence-corrected chi connectivity index (χ2v) is 5.17. The number of Topliss-reactive ketones (excluding diaryl/α,β-unsaturated/α-hetero) is 1. The van der Waals surface area contributed by atoms with Crippen molar-refractivity contribution in [2.75, 3.05) is 7.11 Å². The normalized spacial score (nSPS) is 11.0. The topological polar surface area (TPSA) is 31.2 Å². The van der Waals surface area contributed by atoms with Crippen LogP contribution in [0.2, 0.25) is 0 Å². The van der Waals surface area contributed by atoms with Gasteiger partial charge in [0.25, 0.3) is 0 Å². The van der Waals surface area contributed by atoms with Gasteiger partial charge in [0.1, 0.15) is 11.5 Å². The molecule has 0 N–H and O–H groups in total. The molecule has 2 rings (SSSR count). The zero-order chi connectivity index (χ0) is 14.2. The summed E-state index contributed by atoms with van der Waals surface area (Å²) < 4.78 is 7.56. The smallest absolute Gasteiger partial charge is 0.130 e. The average Bonchev–Trinajstić information content (AvgIpc) is 2.60. The van der Waals surface area contributed by atoms with Gasteiger partial charge in [-0.2, -0.15) is 0 Å². The van der Waals surface area contributed by atoms with E-state index in [1.165, 1.54) is 27.7 Å². The van der Waals surface area contributed by atoms with E-state index >= 15 is 0 Å². The standard InChI is InChI=1S/C16H21NO2/c1-10-8-13(19-5)9-15-14(7-6-11(2)18)12(3)17(4)16(10)15/h8-9H,6-7H2,1-5H3. The Morgan fingerprint density at radius 1 is 1.32 bits per heavy atom. The molecule has 2 aromatic rings. The van der Waals surface area contributed by atoms with E-state index in [9.17, 15) is 4.79 Å². The van der Waals surface area contributed by atoms with Gasteiger partial charge in [0.05, 0.1) is 12.6 Å². The van der Waals surface area contributed by atoms with Crippen molar-refractivity contribution in [1.82, 2.24) is 4.57 Å². The largest absolute Gasteiger partial charge is 0.497 e. The molecule has 0 saturated carbocycles. The van der Waals surface area contributed by atoms with E-state index < -0.39 is 0 Å². The summed E-state index contributed by atoms with van der Waals surface area (Å²) in [7, 11) is 3.76. The van der Waals surface area contributed by atoms with E-state index in [4.69, 9.17) is 4.74 Å². The molecule has 0 aliphatic heterocycles. The van der Waals surface area contributed by atoms with Gasteiger partial charge in [-0.25, -0.2) is 0 Å². The molecule has 3 heteroatoms. The van der Waals surface area contributed by atoms with Gasteiger partial charge >= 0.3 is 0 Å². The molecule has 0 spiro atoms. The molecule has 0 fully saturated rings. The summed E-state index contributed by atoms with van der Waals surface area (Å²) in [6, 6.07) is 4.13. The summed E-state index contributed by atoms with van der Waals surface area (Å²) in [4.78, 5) is 11.2. The fourth-order valence-corrected chi connectivity index (χ4v) is 2.72. The highest BCUT2D eigenvalue weighted by atomic mass is 16.5. The summed E-state index contributed by atoms with van der Waals surface area (Å²) >= 11 is 0. The van der Waals surface area contributed by atoms with E-state index in [1.54, 1.807) is 14.0 Å². The van der Waals surface area contributed by atoms with Crippen LogP contribution in [0.25, 0.3) is 10.9 Å². The molecule has 0 amide bonds. The second kappa shape index (κ2) is 5.08. The molecule has 19 heavy (non-hydrogen) atoms. The number of rotatable bonds is 4. The van der Waals surface area contributed by atoms with Crippen molar-refractivity contribution in [1.29, 1.82) is 0 Å².